The number of rotatable bonds is 2. The second kappa shape index (κ2) is 3.71. The predicted octanol–water partition coefficient (Wildman–Crippen LogP) is 1.88. The predicted molar refractivity (Wildman–Crippen MR) is 63.0 cm³/mol. The van der Waals surface area contributed by atoms with Crippen LogP contribution in [0.1, 0.15) is 12.0 Å². The van der Waals surface area contributed by atoms with Crippen LogP contribution in [0.5, 0.6) is 0 Å². The molecule has 0 amide bonds. The molecule has 0 radical (unpaired) electrons. The number of nitro groups is 1. The summed E-state index contributed by atoms with van der Waals surface area (Å²) >= 11 is 0. The lowest BCUT2D eigenvalue weighted by molar-refractivity contribution is -0.384. The van der Waals surface area contributed by atoms with Crippen LogP contribution >= 0.6 is 12.4 Å². The fraction of sp³-hybridized carbons (Fsp3) is 0.455. The Morgan fingerprint density at radius 2 is 2.06 bits per heavy atom. The van der Waals surface area contributed by atoms with E-state index >= 15 is 0 Å². The molecule has 2 aliphatic rings. The number of halogens is 1. The molecule has 2 fully saturated rings. The molecule has 1 aliphatic heterocycles. The first-order valence-corrected chi connectivity index (χ1v) is 5.18. The number of non-ortho nitro benzene ring substituents is 1. The molecule has 0 bridgehead atoms. The minimum Gasteiger partial charge on any atom is -0.316 e. The Balaban J connectivity index is 0.000000963. The number of nitro benzene ring substituents is 1. The van der Waals surface area contributed by atoms with Gasteiger partial charge < -0.3 is 5.32 Å². The molecule has 0 unspecified atom stereocenters. The Bertz CT molecular complexity index is 420. The number of benzene rings is 1. The maximum absolute atomic E-state index is 10.5. The third kappa shape index (κ3) is 1.49. The molecule has 2 atom stereocenters. The molecule has 1 aliphatic carbocycles. The van der Waals surface area contributed by atoms with Gasteiger partial charge in [0.1, 0.15) is 0 Å². The van der Waals surface area contributed by atoms with Crippen LogP contribution in [-0.2, 0) is 5.41 Å². The fourth-order valence-corrected chi connectivity index (χ4v) is 2.70. The van der Waals surface area contributed by atoms with Gasteiger partial charge in [0.05, 0.1) is 4.92 Å². The van der Waals surface area contributed by atoms with Crippen LogP contribution in [0.25, 0.3) is 0 Å². The Kier molecular flexibility index (Phi) is 2.64. The van der Waals surface area contributed by atoms with Crippen molar-refractivity contribution >= 4 is 18.1 Å². The van der Waals surface area contributed by atoms with Crippen molar-refractivity contribution in [1.29, 1.82) is 0 Å². The first-order chi connectivity index (χ1) is 7.22. The average Bonchev–Trinajstić information content (AvgIpc) is 2.82. The van der Waals surface area contributed by atoms with Gasteiger partial charge in [-0.25, -0.2) is 0 Å². The summed E-state index contributed by atoms with van der Waals surface area (Å²) in [6, 6.07) is 7.03. The van der Waals surface area contributed by atoms with Gasteiger partial charge in [-0.15, -0.1) is 12.4 Å². The van der Waals surface area contributed by atoms with E-state index in [-0.39, 0.29) is 23.0 Å². The third-order valence-corrected chi connectivity index (χ3v) is 3.72. The summed E-state index contributed by atoms with van der Waals surface area (Å²) in [4.78, 5) is 10.2. The summed E-state index contributed by atoms with van der Waals surface area (Å²) in [6.07, 6.45) is 1.23. The molecule has 0 spiro atoms. The van der Waals surface area contributed by atoms with Crippen molar-refractivity contribution < 1.29 is 4.92 Å². The zero-order valence-electron chi connectivity index (χ0n) is 8.68. The van der Waals surface area contributed by atoms with Crippen LogP contribution in [0.2, 0.25) is 0 Å². The van der Waals surface area contributed by atoms with Gasteiger partial charge in [-0.3, -0.25) is 10.1 Å². The molecular formula is C11H13ClN2O2. The fourth-order valence-electron chi connectivity index (χ4n) is 2.70. The van der Waals surface area contributed by atoms with Gasteiger partial charge in [-0.2, -0.15) is 0 Å². The van der Waals surface area contributed by atoms with Gasteiger partial charge in [0.25, 0.3) is 5.69 Å². The minimum absolute atomic E-state index is 0. The van der Waals surface area contributed by atoms with Crippen molar-refractivity contribution in [3.05, 3.63) is 39.9 Å². The van der Waals surface area contributed by atoms with E-state index in [0.29, 0.717) is 5.41 Å². The molecule has 86 valence electrons. The van der Waals surface area contributed by atoms with Gasteiger partial charge in [-0.1, -0.05) is 12.1 Å². The van der Waals surface area contributed by atoms with Crippen LogP contribution in [0.15, 0.2) is 24.3 Å². The van der Waals surface area contributed by atoms with Crippen molar-refractivity contribution in [2.24, 2.45) is 5.92 Å². The number of nitrogens with zero attached hydrogens (tertiary/aromatic N) is 1. The average molecular weight is 241 g/mol. The molecule has 1 N–H and O–H groups in total. The van der Waals surface area contributed by atoms with Gasteiger partial charge in [-0.05, 0) is 24.4 Å². The van der Waals surface area contributed by atoms with Crippen molar-refractivity contribution in [3.63, 3.8) is 0 Å². The summed E-state index contributed by atoms with van der Waals surface area (Å²) < 4.78 is 0. The molecule has 16 heavy (non-hydrogen) atoms. The smallest absolute Gasteiger partial charge is 0.269 e. The van der Waals surface area contributed by atoms with Crippen LogP contribution < -0.4 is 5.32 Å². The van der Waals surface area contributed by atoms with E-state index in [9.17, 15) is 10.1 Å². The summed E-state index contributed by atoms with van der Waals surface area (Å²) in [5, 5.41) is 13.9. The van der Waals surface area contributed by atoms with E-state index in [1.165, 1.54) is 12.0 Å². The highest BCUT2D eigenvalue weighted by Crippen LogP contribution is 2.56. The molecule has 1 saturated carbocycles. The largest absolute Gasteiger partial charge is 0.316 e. The van der Waals surface area contributed by atoms with E-state index in [1.807, 2.05) is 12.1 Å². The maximum Gasteiger partial charge on any atom is 0.269 e. The van der Waals surface area contributed by atoms with Crippen molar-refractivity contribution in [2.75, 3.05) is 13.1 Å². The first kappa shape index (κ1) is 11.4. The SMILES string of the molecule is Cl.O=[N+]([O-])c1ccc([C@]23CNC[C@H]2C3)cc1. The standard InChI is InChI=1S/C11H12N2O2.ClH/c14-13(15)10-3-1-8(2-4-10)11-5-9(11)6-12-7-11;/h1-4,9,12H,5-7H2;1H/t9-,11+;/m1./s1. The van der Waals surface area contributed by atoms with Crippen molar-refractivity contribution in [2.45, 2.75) is 11.8 Å². The number of piperidine rings is 1. The Morgan fingerprint density at radius 3 is 2.50 bits per heavy atom. The molecule has 1 saturated heterocycles. The van der Waals surface area contributed by atoms with Crippen molar-refractivity contribution in [1.82, 2.24) is 5.32 Å². The summed E-state index contributed by atoms with van der Waals surface area (Å²) in [7, 11) is 0. The lowest BCUT2D eigenvalue weighted by Crippen LogP contribution is -2.19. The summed E-state index contributed by atoms with van der Waals surface area (Å²) in [6.45, 7) is 2.12. The van der Waals surface area contributed by atoms with Gasteiger partial charge in [0.15, 0.2) is 0 Å². The minimum atomic E-state index is -0.348. The zero-order chi connectivity index (χ0) is 10.5. The van der Waals surface area contributed by atoms with E-state index in [2.05, 4.69) is 5.32 Å². The molecular weight excluding hydrogens is 228 g/mol. The highest BCUT2D eigenvalue weighted by Gasteiger charge is 2.57. The van der Waals surface area contributed by atoms with Gasteiger partial charge in [0.2, 0.25) is 0 Å². The molecule has 4 nitrogen and oxygen atoms in total. The molecule has 5 heteroatoms. The van der Waals surface area contributed by atoms with Crippen LogP contribution in [0, 0.1) is 16.0 Å². The number of hydrogen-bond donors (Lipinski definition) is 1. The molecule has 1 aromatic carbocycles. The van der Waals surface area contributed by atoms with Crippen LogP contribution in [0.4, 0.5) is 5.69 Å². The maximum atomic E-state index is 10.5. The molecule has 3 rings (SSSR count). The summed E-state index contributed by atoms with van der Waals surface area (Å²) in [5.74, 6) is 0.749. The molecule has 1 aromatic rings. The topological polar surface area (TPSA) is 55.2 Å². The Labute approximate surface area is 99.6 Å². The van der Waals surface area contributed by atoms with E-state index in [0.717, 1.165) is 19.0 Å². The lowest BCUT2D eigenvalue weighted by atomic mass is 9.95. The second-order valence-electron chi connectivity index (χ2n) is 4.49. The number of hydrogen-bond acceptors (Lipinski definition) is 3. The van der Waals surface area contributed by atoms with Gasteiger partial charge >= 0.3 is 0 Å². The number of fused-ring (bicyclic) bond motifs is 1. The lowest BCUT2D eigenvalue weighted by Gasteiger charge is -2.11. The highest BCUT2D eigenvalue weighted by molar-refractivity contribution is 5.85. The van der Waals surface area contributed by atoms with Crippen molar-refractivity contribution in [3.8, 4) is 0 Å². The summed E-state index contributed by atoms with van der Waals surface area (Å²) in [5.41, 5.74) is 1.73. The monoisotopic (exact) mass is 240 g/mol. The van der Waals surface area contributed by atoms with Crippen LogP contribution in [-0.4, -0.2) is 18.0 Å². The zero-order valence-corrected chi connectivity index (χ0v) is 9.50. The molecule has 0 aromatic heterocycles. The normalized spacial score (nSPS) is 30.4. The first-order valence-electron chi connectivity index (χ1n) is 5.18. The van der Waals surface area contributed by atoms with E-state index < -0.39 is 0 Å². The van der Waals surface area contributed by atoms with Crippen LogP contribution in [0.3, 0.4) is 0 Å². The quantitative estimate of drug-likeness (QED) is 0.634. The van der Waals surface area contributed by atoms with E-state index in [1.54, 1.807) is 12.1 Å². The third-order valence-electron chi connectivity index (χ3n) is 3.72. The second-order valence-corrected chi connectivity index (χ2v) is 4.49. The Hall–Kier alpha value is -1.13. The van der Waals surface area contributed by atoms with Gasteiger partial charge in [0, 0.05) is 24.1 Å². The Morgan fingerprint density at radius 1 is 1.38 bits per heavy atom. The highest BCUT2D eigenvalue weighted by atomic mass is 35.5. The van der Waals surface area contributed by atoms with E-state index in [4.69, 9.17) is 0 Å². The number of nitrogens with one attached hydrogen (secondary N) is 1. The molecule has 1 heterocycles.